The Morgan fingerprint density at radius 1 is 1.07 bits per heavy atom. The number of rotatable bonds is 5. The quantitative estimate of drug-likeness (QED) is 0.885. The number of carbonyl (C=O) groups excluding carboxylic acids is 2. The Labute approximate surface area is 160 Å². The highest BCUT2D eigenvalue weighted by molar-refractivity contribution is 5.94. The van der Waals surface area contributed by atoms with E-state index in [0.717, 1.165) is 6.42 Å². The third kappa shape index (κ3) is 3.61. The molecule has 1 N–H and O–H groups in total. The first kappa shape index (κ1) is 17.8. The summed E-state index contributed by atoms with van der Waals surface area (Å²) in [5, 5.41) is 3.09. The number of likely N-dealkylation sites (tertiary alicyclic amines) is 1. The average molecular weight is 362 g/mol. The van der Waals surface area contributed by atoms with Gasteiger partial charge in [0.1, 0.15) is 0 Å². The summed E-state index contributed by atoms with van der Waals surface area (Å²) >= 11 is 0. The third-order valence-electron chi connectivity index (χ3n) is 6.25. The molecule has 2 aliphatic rings. The van der Waals surface area contributed by atoms with Crippen LogP contribution in [0.4, 0.5) is 0 Å². The molecule has 1 saturated heterocycles. The van der Waals surface area contributed by atoms with Crippen molar-refractivity contribution in [1.82, 2.24) is 10.2 Å². The Hall–Kier alpha value is -2.62. The zero-order valence-electron chi connectivity index (χ0n) is 15.7. The van der Waals surface area contributed by atoms with E-state index in [1.165, 1.54) is 5.56 Å². The molecule has 2 amide bonds. The van der Waals surface area contributed by atoms with Crippen LogP contribution in [-0.2, 0) is 11.3 Å². The van der Waals surface area contributed by atoms with Crippen molar-refractivity contribution >= 4 is 11.8 Å². The van der Waals surface area contributed by atoms with Crippen LogP contribution in [0.5, 0.6) is 0 Å². The number of carbonyl (C=O) groups is 2. The van der Waals surface area contributed by atoms with Crippen LogP contribution in [0.2, 0.25) is 0 Å². The maximum atomic E-state index is 12.6. The second-order valence-corrected chi connectivity index (χ2v) is 7.90. The van der Waals surface area contributed by atoms with Gasteiger partial charge in [-0.25, -0.2) is 0 Å². The fourth-order valence-corrected chi connectivity index (χ4v) is 4.83. The zero-order chi connectivity index (χ0) is 18.8. The van der Waals surface area contributed by atoms with Crippen molar-refractivity contribution < 1.29 is 9.59 Å². The number of benzene rings is 2. The molecule has 0 radical (unpaired) electrons. The second kappa shape index (κ2) is 7.55. The number of nitrogens with one attached hydrogen (secondary N) is 1. The van der Waals surface area contributed by atoms with Crippen molar-refractivity contribution in [3.05, 3.63) is 71.8 Å². The molecule has 1 saturated carbocycles. The van der Waals surface area contributed by atoms with E-state index in [9.17, 15) is 9.59 Å². The number of hydrogen-bond acceptors (Lipinski definition) is 2. The molecule has 1 aliphatic carbocycles. The van der Waals surface area contributed by atoms with E-state index >= 15 is 0 Å². The molecule has 27 heavy (non-hydrogen) atoms. The van der Waals surface area contributed by atoms with E-state index in [1.54, 1.807) is 0 Å². The largest absolute Gasteiger partial charge is 0.352 e. The summed E-state index contributed by atoms with van der Waals surface area (Å²) in [5.74, 6) is 1.42. The summed E-state index contributed by atoms with van der Waals surface area (Å²) < 4.78 is 0. The second-order valence-electron chi connectivity index (χ2n) is 7.90. The number of nitrogens with zero attached hydrogens (tertiary/aromatic N) is 1. The SMILES string of the molecule is C[C@H]1C[C@@H]2[C@@H](CC(=O)N2Cc2ccccc2)[C@@H]1CNC(=O)c1ccccc1. The van der Waals surface area contributed by atoms with Gasteiger partial charge in [0.2, 0.25) is 5.91 Å². The van der Waals surface area contributed by atoms with Crippen molar-refractivity contribution in [3.63, 3.8) is 0 Å². The van der Waals surface area contributed by atoms with Crippen LogP contribution in [0, 0.1) is 17.8 Å². The first-order valence-corrected chi connectivity index (χ1v) is 9.80. The van der Waals surface area contributed by atoms with Crippen LogP contribution >= 0.6 is 0 Å². The minimum Gasteiger partial charge on any atom is -0.352 e. The Kier molecular flexibility index (Phi) is 4.97. The van der Waals surface area contributed by atoms with Gasteiger partial charge in [-0.05, 0) is 41.9 Å². The van der Waals surface area contributed by atoms with Gasteiger partial charge in [0, 0.05) is 31.1 Å². The molecule has 0 bridgehead atoms. The topological polar surface area (TPSA) is 49.4 Å². The molecule has 4 atom stereocenters. The zero-order valence-corrected chi connectivity index (χ0v) is 15.7. The summed E-state index contributed by atoms with van der Waals surface area (Å²) in [6, 6.07) is 19.8. The Balaban J connectivity index is 1.41. The van der Waals surface area contributed by atoms with Crippen LogP contribution in [0.3, 0.4) is 0 Å². The lowest BCUT2D eigenvalue weighted by molar-refractivity contribution is -0.129. The van der Waals surface area contributed by atoms with E-state index in [-0.39, 0.29) is 11.8 Å². The highest BCUT2D eigenvalue weighted by Gasteiger charge is 2.50. The first-order chi connectivity index (χ1) is 13.1. The lowest BCUT2D eigenvalue weighted by Crippen LogP contribution is -2.34. The lowest BCUT2D eigenvalue weighted by Gasteiger charge is -2.24. The molecule has 1 heterocycles. The molecule has 4 nitrogen and oxygen atoms in total. The van der Waals surface area contributed by atoms with Crippen molar-refractivity contribution in [2.24, 2.45) is 17.8 Å². The summed E-state index contributed by atoms with van der Waals surface area (Å²) in [4.78, 5) is 27.1. The van der Waals surface area contributed by atoms with Gasteiger partial charge in [-0.2, -0.15) is 0 Å². The van der Waals surface area contributed by atoms with Gasteiger partial charge >= 0.3 is 0 Å². The van der Waals surface area contributed by atoms with Gasteiger partial charge in [0.25, 0.3) is 5.91 Å². The molecule has 1 aliphatic heterocycles. The highest BCUT2D eigenvalue weighted by atomic mass is 16.2. The molecule has 4 heteroatoms. The summed E-state index contributed by atoms with van der Waals surface area (Å²) in [6.45, 7) is 3.59. The maximum Gasteiger partial charge on any atom is 0.251 e. The molecule has 2 aromatic rings. The lowest BCUT2D eigenvalue weighted by atomic mass is 9.88. The molecule has 2 aromatic carbocycles. The monoisotopic (exact) mass is 362 g/mol. The minimum atomic E-state index is -0.0308. The van der Waals surface area contributed by atoms with E-state index in [1.807, 2.05) is 48.5 Å². The maximum absolute atomic E-state index is 12.6. The van der Waals surface area contributed by atoms with Crippen molar-refractivity contribution in [2.75, 3.05) is 6.54 Å². The van der Waals surface area contributed by atoms with Crippen molar-refractivity contribution in [1.29, 1.82) is 0 Å². The predicted octanol–water partition coefficient (Wildman–Crippen LogP) is 3.49. The Morgan fingerprint density at radius 3 is 2.44 bits per heavy atom. The minimum absolute atomic E-state index is 0.0308. The predicted molar refractivity (Wildman–Crippen MR) is 105 cm³/mol. The van der Waals surface area contributed by atoms with Gasteiger partial charge in [-0.15, -0.1) is 0 Å². The molecule has 140 valence electrons. The molecule has 0 aromatic heterocycles. The van der Waals surface area contributed by atoms with Gasteiger partial charge in [-0.3, -0.25) is 9.59 Å². The van der Waals surface area contributed by atoms with Crippen molar-refractivity contribution in [3.8, 4) is 0 Å². The van der Waals surface area contributed by atoms with E-state index in [2.05, 4.69) is 29.3 Å². The summed E-state index contributed by atoms with van der Waals surface area (Å²) in [5.41, 5.74) is 1.87. The average Bonchev–Trinajstić information content (AvgIpc) is 3.15. The van der Waals surface area contributed by atoms with Crippen LogP contribution in [0.25, 0.3) is 0 Å². The summed E-state index contributed by atoms with van der Waals surface area (Å²) in [7, 11) is 0. The first-order valence-electron chi connectivity index (χ1n) is 9.80. The molecule has 0 spiro atoms. The summed E-state index contributed by atoms with van der Waals surface area (Å²) in [6.07, 6.45) is 1.63. The van der Waals surface area contributed by atoms with Gasteiger partial charge in [-0.1, -0.05) is 55.5 Å². The molecule has 4 rings (SSSR count). The standard InChI is InChI=1S/C23H26N2O2/c1-16-12-21-19(13-22(26)25(21)15-17-8-4-2-5-9-17)20(16)14-24-23(27)18-10-6-3-7-11-18/h2-11,16,19-21H,12-15H2,1H3,(H,24,27)/t16-,19-,20+,21+/m0/s1. The fraction of sp³-hybridized carbons (Fsp3) is 0.391. The Bertz CT molecular complexity index is 806. The van der Waals surface area contributed by atoms with E-state index in [0.29, 0.717) is 48.9 Å². The van der Waals surface area contributed by atoms with E-state index in [4.69, 9.17) is 0 Å². The highest BCUT2D eigenvalue weighted by Crippen LogP contribution is 2.46. The molecular formula is C23H26N2O2. The molecule has 0 unspecified atom stereocenters. The number of amides is 2. The Morgan fingerprint density at radius 2 is 1.74 bits per heavy atom. The van der Waals surface area contributed by atoms with Crippen molar-refractivity contribution in [2.45, 2.75) is 32.4 Å². The van der Waals surface area contributed by atoms with Gasteiger partial charge < -0.3 is 10.2 Å². The van der Waals surface area contributed by atoms with Crippen LogP contribution < -0.4 is 5.32 Å². The van der Waals surface area contributed by atoms with Gasteiger partial charge in [0.15, 0.2) is 0 Å². The van der Waals surface area contributed by atoms with E-state index < -0.39 is 0 Å². The van der Waals surface area contributed by atoms with Crippen LogP contribution in [-0.4, -0.2) is 29.3 Å². The third-order valence-corrected chi connectivity index (χ3v) is 6.25. The van der Waals surface area contributed by atoms with Gasteiger partial charge in [0.05, 0.1) is 0 Å². The van der Waals surface area contributed by atoms with Crippen LogP contribution in [0.1, 0.15) is 35.7 Å². The van der Waals surface area contributed by atoms with Crippen LogP contribution in [0.15, 0.2) is 60.7 Å². The fourth-order valence-electron chi connectivity index (χ4n) is 4.83. The number of fused-ring (bicyclic) bond motifs is 1. The molecular weight excluding hydrogens is 336 g/mol. The number of hydrogen-bond donors (Lipinski definition) is 1. The molecule has 2 fully saturated rings. The normalized spacial score (nSPS) is 26.9. The smallest absolute Gasteiger partial charge is 0.251 e.